The molecule has 0 spiro atoms. The minimum atomic E-state index is -0.305. The van der Waals surface area contributed by atoms with Crippen molar-refractivity contribution in [3.8, 4) is 11.3 Å². The molecule has 2 heterocycles. The lowest BCUT2D eigenvalue weighted by atomic mass is 9.94. The van der Waals surface area contributed by atoms with Crippen LogP contribution in [0.15, 0.2) is 40.8 Å². The summed E-state index contributed by atoms with van der Waals surface area (Å²) in [6, 6.07) is 9.58. The minimum absolute atomic E-state index is 0.0963. The number of Topliss-reactive ketones (excluding diaryl/α,β-unsaturated/α-hetero) is 1. The first-order valence-electron chi connectivity index (χ1n) is 8.90. The lowest BCUT2D eigenvalue weighted by Crippen LogP contribution is -2.23. The normalized spacial score (nSPS) is 13.5. The van der Waals surface area contributed by atoms with Crippen molar-refractivity contribution in [2.75, 3.05) is 0 Å². The molecule has 2 N–H and O–H groups in total. The summed E-state index contributed by atoms with van der Waals surface area (Å²) in [5, 5.41) is 2.82. The first kappa shape index (κ1) is 17.3. The number of aromatic nitrogens is 1. The van der Waals surface area contributed by atoms with Gasteiger partial charge in [0.25, 0.3) is 5.91 Å². The van der Waals surface area contributed by atoms with Crippen molar-refractivity contribution in [1.82, 2.24) is 10.3 Å². The van der Waals surface area contributed by atoms with Gasteiger partial charge in [0.15, 0.2) is 5.78 Å². The SMILES string of the molecule is Cc1c(C(=O)NCc2ccc(-c3ccc(F)cc3)o2)[nH]c2c1C(=O)CCC2. The van der Waals surface area contributed by atoms with Gasteiger partial charge in [0.05, 0.1) is 6.54 Å². The highest BCUT2D eigenvalue weighted by atomic mass is 19.1. The van der Waals surface area contributed by atoms with Crippen molar-refractivity contribution in [3.05, 3.63) is 70.5 Å². The van der Waals surface area contributed by atoms with Gasteiger partial charge in [-0.1, -0.05) is 0 Å². The van der Waals surface area contributed by atoms with Gasteiger partial charge in [0.1, 0.15) is 23.0 Å². The van der Waals surface area contributed by atoms with Crippen molar-refractivity contribution in [2.24, 2.45) is 0 Å². The lowest BCUT2D eigenvalue weighted by Gasteiger charge is -2.09. The second kappa shape index (κ2) is 6.87. The molecule has 0 aliphatic heterocycles. The zero-order chi connectivity index (χ0) is 19.0. The van der Waals surface area contributed by atoms with E-state index >= 15 is 0 Å². The molecule has 1 aliphatic rings. The van der Waals surface area contributed by atoms with E-state index in [0.29, 0.717) is 34.8 Å². The fraction of sp³-hybridized carbons (Fsp3) is 0.238. The van der Waals surface area contributed by atoms with E-state index in [1.54, 1.807) is 31.2 Å². The number of furan rings is 1. The average molecular weight is 366 g/mol. The van der Waals surface area contributed by atoms with Gasteiger partial charge >= 0.3 is 0 Å². The first-order chi connectivity index (χ1) is 13.0. The van der Waals surface area contributed by atoms with Gasteiger partial charge in [-0.2, -0.15) is 0 Å². The topological polar surface area (TPSA) is 75.1 Å². The number of hydrogen-bond acceptors (Lipinski definition) is 3. The Labute approximate surface area is 155 Å². The standard InChI is InChI=1S/C21H19FN2O3/c1-12-19-16(3-2-4-17(19)25)24-20(12)21(26)23-11-15-9-10-18(27-15)13-5-7-14(22)8-6-13/h5-10,24H,2-4,11H2,1H3,(H,23,26). The zero-order valence-electron chi connectivity index (χ0n) is 14.9. The number of H-pyrrole nitrogens is 1. The molecular formula is C21H19FN2O3. The molecule has 6 heteroatoms. The number of ketones is 1. The molecule has 27 heavy (non-hydrogen) atoms. The molecule has 0 radical (unpaired) electrons. The van der Waals surface area contributed by atoms with Crippen LogP contribution in [0.25, 0.3) is 11.3 Å². The number of carbonyl (C=O) groups is 2. The van der Waals surface area contributed by atoms with Gasteiger partial charge in [-0.3, -0.25) is 9.59 Å². The van der Waals surface area contributed by atoms with Gasteiger partial charge in [-0.15, -0.1) is 0 Å². The van der Waals surface area contributed by atoms with Gasteiger partial charge in [0, 0.05) is 23.2 Å². The highest BCUT2D eigenvalue weighted by Crippen LogP contribution is 2.27. The van der Waals surface area contributed by atoms with Crippen LogP contribution in [0, 0.1) is 12.7 Å². The molecule has 0 saturated heterocycles. The summed E-state index contributed by atoms with van der Waals surface area (Å²) in [5.41, 5.74) is 3.42. The maximum absolute atomic E-state index is 13.0. The number of benzene rings is 1. The second-order valence-corrected chi connectivity index (χ2v) is 6.71. The molecule has 1 aromatic carbocycles. The number of rotatable bonds is 4. The molecule has 1 aliphatic carbocycles. The Bertz CT molecular complexity index is 1010. The van der Waals surface area contributed by atoms with Crippen LogP contribution in [0.4, 0.5) is 4.39 Å². The largest absolute Gasteiger partial charge is 0.459 e. The number of aryl methyl sites for hydroxylation is 1. The van der Waals surface area contributed by atoms with Crippen molar-refractivity contribution >= 4 is 11.7 Å². The van der Waals surface area contributed by atoms with Crippen LogP contribution in [0.1, 0.15) is 50.7 Å². The van der Waals surface area contributed by atoms with E-state index in [-0.39, 0.29) is 24.1 Å². The molecule has 3 aromatic rings. The van der Waals surface area contributed by atoms with Crippen molar-refractivity contribution in [1.29, 1.82) is 0 Å². The third-order valence-electron chi connectivity index (χ3n) is 4.88. The molecule has 138 valence electrons. The highest BCUT2D eigenvalue weighted by Gasteiger charge is 2.26. The summed E-state index contributed by atoms with van der Waals surface area (Å²) >= 11 is 0. The van der Waals surface area contributed by atoms with E-state index in [0.717, 1.165) is 24.1 Å². The Morgan fingerprint density at radius 1 is 1.19 bits per heavy atom. The maximum Gasteiger partial charge on any atom is 0.268 e. The fourth-order valence-electron chi connectivity index (χ4n) is 3.50. The monoisotopic (exact) mass is 366 g/mol. The summed E-state index contributed by atoms with van der Waals surface area (Å²) in [6.07, 6.45) is 2.13. The molecule has 4 rings (SSSR count). The number of carbonyl (C=O) groups excluding carboxylic acids is 2. The number of halogens is 1. The fourth-order valence-corrected chi connectivity index (χ4v) is 3.50. The van der Waals surface area contributed by atoms with E-state index in [9.17, 15) is 14.0 Å². The van der Waals surface area contributed by atoms with Crippen molar-refractivity contribution < 1.29 is 18.4 Å². The second-order valence-electron chi connectivity index (χ2n) is 6.71. The molecule has 0 bridgehead atoms. The molecule has 0 saturated carbocycles. The van der Waals surface area contributed by atoms with Gasteiger partial charge in [0.2, 0.25) is 0 Å². The van der Waals surface area contributed by atoms with Crippen LogP contribution in [-0.4, -0.2) is 16.7 Å². The van der Waals surface area contributed by atoms with E-state index in [2.05, 4.69) is 10.3 Å². The van der Waals surface area contributed by atoms with Gasteiger partial charge in [-0.05, 0) is 61.7 Å². The van der Waals surface area contributed by atoms with Gasteiger partial charge < -0.3 is 14.7 Å². The Hall–Kier alpha value is -3.15. The molecule has 0 fully saturated rings. The van der Waals surface area contributed by atoms with Crippen LogP contribution in [-0.2, 0) is 13.0 Å². The molecule has 0 unspecified atom stereocenters. The van der Waals surface area contributed by atoms with E-state index in [1.165, 1.54) is 12.1 Å². The summed E-state index contributed by atoms with van der Waals surface area (Å²) in [6.45, 7) is 2.02. The third-order valence-corrected chi connectivity index (χ3v) is 4.88. The van der Waals surface area contributed by atoms with Crippen molar-refractivity contribution in [3.63, 3.8) is 0 Å². The molecule has 1 amide bonds. The molecule has 0 atom stereocenters. The smallest absolute Gasteiger partial charge is 0.268 e. The van der Waals surface area contributed by atoms with Crippen LogP contribution in [0.5, 0.6) is 0 Å². The molecular weight excluding hydrogens is 347 g/mol. The number of amides is 1. The summed E-state index contributed by atoms with van der Waals surface area (Å²) in [7, 11) is 0. The Morgan fingerprint density at radius 2 is 1.96 bits per heavy atom. The quantitative estimate of drug-likeness (QED) is 0.728. The summed E-state index contributed by atoms with van der Waals surface area (Å²) < 4.78 is 18.7. The number of fused-ring (bicyclic) bond motifs is 1. The van der Waals surface area contributed by atoms with Crippen LogP contribution < -0.4 is 5.32 Å². The summed E-state index contributed by atoms with van der Waals surface area (Å²) in [4.78, 5) is 27.7. The van der Waals surface area contributed by atoms with Crippen molar-refractivity contribution in [2.45, 2.75) is 32.7 Å². The van der Waals surface area contributed by atoms with E-state index in [1.807, 2.05) is 0 Å². The molecule has 5 nitrogen and oxygen atoms in total. The number of nitrogens with one attached hydrogen (secondary N) is 2. The lowest BCUT2D eigenvalue weighted by molar-refractivity contribution is 0.0942. The minimum Gasteiger partial charge on any atom is -0.459 e. The molecule has 2 aromatic heterocycles. The number of hydrogen-bond donors (Lipinski definition) is 2. The Balaban J connectivity index is 1.46. The van der Waals surface area contributed by atoms with E-state index < -0.39 is 0 Å². The highest BCUT2D eigenvalue weighted by molar-refractivity contribution is 6.04. The van der Waals surface area contributed by atoms with Crippen LogP contribution in [0.2, 0.25) is 0 Å². The Kier molecular flexibility index (Phi) is 4.39. The first-order valence-corrected chi connectivity index (χ1v) is 8.90. The predicted octanol–water partition coefficient (Wildman–Crippen LogP) is 4.17. The number of aromatic amines is 1. The van der Waals surface area contributed by atoms with Crippen LogP contribution in [0.3, 0.4) is 0 Å². The summed E-state index contributed by atoms with van der Waals surface area (Å²) in [5.74, 6) is 0.720. The third kappa shape index (κ3) is 3.30. The van der Waals surface area contributed by atoms with Crippen LogP contribution >= 0.6 is 0 Å². The average Bonchev–Trinajstić information content (AvgIpc) is 3.26. The van der Waals surface area contributed by atoms with Gasteiger partial charge in [-0.25, -0.2) is 4.39 Å². The Morgan fingerprint density at radius 3 is 2.70 bits per heavy atom. The van der Waals surface area contributed by atoms with E-state index in [4.69, 9.17) is 4.42 Å². The maximum atomic E-state index is 13.0. The zero-order valence-corrected chi connectivity index (χ0v) is 14.9. The predicted molar refractivity (Wildman–Crippen MR) is 98.1 cm³/mol.